The third kappa shape index (κ3) is 2.24. The van der Waals surface area contributed by atoms with E-state index in [1.807, 2.05) is 0 Å². The fraction of sp³-hybridized carbons (Fsp3) is 0.111. The average Bonchev–Trinajstić information content (AvgIpc) is 2.07. The van der Waals surface area contributed by atoms with Gasteiger partial charge in [-0.15, -0.1) is 0 Å². The zero-order valence-electron chi connectivity index (χ0n) is 6.14. The molecular formula is C9H6F2S. The second-order valence-electron chi connectivity index (χ2n) is 2.09. The minimum Gasteiger partial charge on any atom is -0.204 e. The molecule has 12 heavy (non-hydrogen) atoms. The molecule has 0 aromatic heterocycles. The Morgan fingerprint density at radius 3 is 2.58 bits per heavy atom. The van der Waals surface area contributed by atoms with E-state index in [0.717, 1.165) is 12.1 Å². The molecule has 0 unspecified atom stereocenters. The predicted molar refractivity (Wildman–Crippen MR) is 47.1 cm³/mol. The van der Waals surface area contributed by atoms with Crippen LogP contribution in [0.3, 0.4) is 0 Å². The molecule has 0 nitrogen and oxygen atoms in total. The van der Waals surface area contributed by atoms with Crippen molar-refractivity contribution in [2.24, 2.45) is 0 Å². The Labute approximate surface area is 75.0 Å². The lowest BCUT2D eigenvalue weighted by Crippen LogP contribution is -1.84. The number of thiol groups is 1. The third-order valence-electron chi connectivity index (χ3n) is 1.23. The standard InChI is InChI=1S/C9H6F2S/c10-8-4-3-7(2-1-5-12)6-9(8)11/h3-4,6,12H,5H2. The first-order chi connectivity index (χ1) is 5.74. The lowest BCUT2D eigenvalue weighted by molar-refractivity contribution is 0.508. The highest BCUT2D eigenvalue weighted by Gasteiger charge is 1.99. The summed E-state index contributed by atoms with van der Waals surface area (Å²) < 4.78 is 24.9. The Hall–Kier alpha value is -1.01. The summed E-state index contributed by atoms with van der Waals surface area (Å²) in [5.74, 6) is 3.94. The molecule has 1 rings (SSSR count). The van der Waals surface area contributed by atoms with Crippen LogP contribution in [-0.4, -0.2) is 5.75 Å². The van der Waals surface area contributed by atoms with Gasteiger partial charge in [-0.2, -0.15) is 12.6 Å². The van der Waals surface area contributed by atoms with Crippen LogP contribution in [0.15, 0.2) is 18.2 Å². The van der Waals surface area contributed by atoms with Gasteiger partial charge >= 0.3 is 0 Å². The molecule has 0 aliphatic rings. The molecule has 3 heteroatoms. The fourth-order valence-corrected chi connectivity index (χ4v) is 0.795. The molecule has 1 aromatic rings. The minimum atomic E-state index is -0.874. The molecule has 0 heterocycles. The van der Waals surface area contributed by atoms with Crippen molar-refractivity contribution in [3.63, 3.8) is 0 Å². The lowest BCUT2D eigenvalue weighted by Gasteiger charge is -1.92. The number of benzene rings is 1. The van der Waals surface area contributed by atoms with Gasteiger partial charge in [0.2, 0.25) is 0 Å². The highest BCUT2D eigenvalue weighted by molar-refractivity contribution is 7.80. The van der Waals surface area contributed by atoms with Crippen LogP contribution in [0.1, 0.15) is 5.56 Å². The predicted octanol–water partition coefficient (Wildman–Crippen LogP) is 2.25. The summed E-state index contributed by atoms with van der Waals surface area (Å²) in [6, 6.07) is 3.54. The summed E-state index contributed by atoms with van der Waals surface area (Å²) in [5, 5.41) is 0. The van der Waals surface area contributed by atoms with Gasteiger partial charge in [0.05, 0.1) is 5.75 Å². The summed E-state index contributed by atoms with van der Waals surface area (Å²) in [4.78, 5) is 0. The normalized spacial score (nSPS) is 8.92. The number of hydrogen-bond acceptors (Lipinski definition) is 1. The summed E-state index contributed by atoms with van der Waals surface area (Å²) in [6.45, 7) is 0. The molecule has 0 aliphatic carbocycles. The van der Waals surface area contributed by atoms with Crippen LogP contribution in [-0.2, 0) is 0 Å². The van der Waals surface area contributed by atoms with E-state index in [4.69, 9.17) is 0 Å². The molecule has 0 N–H and O–H groups in total. The van der Waals surface area contributed by atoms with Gasteiger partial charge in [0.1, 0.15) is 0 Å². The summed E-state index contributed by atoms with van der Waals surface area (Å²) in [5.41, 5.74) is 0.461. The van der Waals surface area contributed by atoms with E-state index in [9.17, 15) is 8.78 Å². The molecule has 0 amide bonds. The summed E-state index contributed by atoms with van der Waals surface area (Å²) >= 11 is 3.86. The fourth-order valence-electron chi connectivity index (χ4n) is 0.715. The van der Waals surface area contributed by atoms with Crippen molar-refractivity contribution in [2.75, 3.05) is 5.75 Å². The smallest absolute Gasteiger partial charge is 0.160 e. The maximum absolute atomic E-state index is 12.5. The zero-order valence-corrected chi connectivity index (χ0v) is 7.04. The third-order valence-corrected chi connectivity index (χ3v) is 1.39. The molecule has 62 valence electrons. The summed E-state index contributed by atoms with van der Waals surface area (Å²) in [6.07, 6.45) is 0. The van der Waals surface area contributed by atoms with Gasteiger partial charge in [0, 0.05) is 5.56 Å². The van der Waals surface area contributed by atoms with Crippen molar-refractivity contribution in [1.82, 2.24) is 0 Å². The Kier molecular flexibility index (Phi) is 3.12. The van der Waals surface area contributed by atoms with Crippen molar-refractivity contribution in [2.45, 2.75) is 0 Å². The second kappa shape index (κ2) is 4.13. The van der Waals surface area contributed by atoms with Gasteiger partial charge in [-0.05, 0) is 18.2 Å². The van der Waals surface area contributed by atoms with E-state index in [-0.39, 0.29) is 0 Å². The van der Waals surface area contributed by atoms with Crippen LogP contribution in [0, 0.1) is 23.5 Å². The van der Waals surface area contributed by atoms with E-state index in [0.29, 0.717) is 11.3 Å². The van der Waals surface area contributed by atoms with Gasteiger partial charge in [0.15, 0.2) is 11.6 Å². The van der Waals surface area contributed by atoms with Crippen molar-refractivity contribution in [3.8, 4) is 11.8 Å². The molecule has 1 aromatic carbocycles. The van der Waals surface area contributed by atoms with Gasteiger partial charge in [-0.1, -0.05) is 11.8 Å². The molecule has 0 aliphatic heterocycles. The maximum atomic E-state index is 12.5. The average molecular weight is 184 g/mol. The van der Waals surface area contributed by atoms with Crippen molar-refractivity contribution < 1.29 is 8.78 Å². The maximum Gasteiger partial charge on any atom is 0.160 e. The second-order valence-corrected chi connectivity index (χ2v) is 2.41. The van der Waals surface area contributed by atoms with Crippen molar-refractivity contribution >= 4 is 12.6 Å². The van der Waals surface area contributed by atoms with E-state index in [1.165, 1.54) is 6.07 Å². The first-order valence-electron chi connectivity index (χ1n) is 3.29. The number of hydrogen-bond donors (Lipinski definition) is 1. The topological polar surface area (TPSA) is 0 Å². The first-order valence-corrected chi connectivity index (χ1v) is 3.92. The quantitative estimate of drug-likeness (QED) is 0.464. The molecule has 0 saturated heterocycles. The molecule has 0 spiro atoms. The highest BCUT2D eigenvalue weighted by atomic mass is 32.1. The number of rotatable bonds is 0. The Morgan fingerprint density at radius 1 is 1.25 bits per heavy atom. The van der Waals surface area contributed by atoms with Crippen LogP contribution in [0.2, 0.25) is 0 Å². The zero-order chi connectivity index (χ0) is 8.97. The molecule has 0 fully saturated rings. The number of halogens is 2. The minimum absolute atomic E-state index is 0.402. The van der Waals surface area contributed by atoms with Crippen LogP contribution in [0.25, 0.3) is 0 Å². The monoisotopic (exact) mass is 184 g/mol. The molecular weight excluding hydrogens is 178 g/mol. The van der Waals surface area contributed by atoms with E-state index < -0.39 is 11.6 Å². The molecule has 0 bridgehead atoms. The van der Waals surface area contributed by atoms with Crippen LogP contribution in [0.4, 0.5) is 8.78 Å². The van der Waals surface area contributed by atoms with Gasteiger partial charge < -0.3 is 0 Å². The Bertz CT molecular complexity index is 336. The first kappa shape index (κ1) is 9.08. The van der Waals surface area contributed by atoms with Crippen LogP contribution in [0.5, 0.6) is 0 Å². The Balaban J connectivity index is 2.97. The molecule has 0 atom stereocenters. The van der Waals surface area contributed by atoms with Crippen LogP contribution >= 0.6 is 12.6 Å². The lowest BCUT2D eigenvalue weighted by atomic mass is 10.2. The van der Waals surface area contributed by atoms with E-state index >= 15 is 0 Å². The van der Waals surface area contributed by atoms with Crippen molar-refractivity contribution in [3.05, 3.63) is 35.4 Å². The van der Waals surface area contributed by atoms with E-state index in [2.05, 4.69) is 24.5 Å². The van der Waals surface area contributed by atoms with Crippen LogP contribution < -0.4 is 0 Å². The Morgan fingerprint density at radius 2 is 2.00 bits per heavy atom. The van der Waals surface area contributed by atoms with Gasteiger partial charge in [-0.3, -0.25) is 0 Å². The van der Waals surface area contributed by atoms with E-state index in [1.54, 1.807) is 0 Å². The SMILES string of the molecule is Fc1ccc(C#CCS)cc1F. The summed E-state index contributed by atoms with van der Waals surface area (Å²) in [7, 11) is 0. The van der Waals surface area contributed by atoms with Gasteiger partial charge in [-0.25, -0.2) is 8.78 Å². The molecule has 0 radical (unpaired) electrons. The highest BCUT2D eigenvalue weighted by Crippen LogP contribution is 2.07. The van der Waals surface area contributed by atoms with Gasteiger partial charge in [0.25, 0.3) is 0 Å². The van der Waals surface area contributed by atoms with Crippen molar-refractivity contribution in [1.29, 1.82) is 0 Å². The largest absolute Gasteiger partial charge is 0.204 e. The molecule has 0 saturated carbocycles.